The van der Waals surface area contributed by atoms with Crippen LogP contribution < -0.4 is 5.32 Å². The summed E-state index contributed by atoms with van der Waals surface area (Å²) in [5, 5.41) is 2.53. The fraction of sp³-hybridized carbons (Fsp3) is 0.429. The maximum atomic E-state index is 12.8. The standard InChI is InChI=1S/C14H19FN2O2/c1-10(17(3)9-8-13(18)16-2)14(19)11-4-6-12(15)7-5-11/h4-7,10H,8-9H2,1-3H3,(H,16,18). The molecule has 4 nitrogen and oxygen atoms in total. The first-order valence-corrected chi connectivity index (χ1v) is 6.16. The number of nitrogens with one attached hydrogen (secondary N) is 1. The Morgan fingerprint density at radius 1 is 1.32 bits per heavy atom. The SMILES string of the molecule is CNC(=O)CCN(C)C(C)C(=O)c1ccc(F)cc1. The quantitative estimate of drug-likeness (QED) is 0.793. The summed E-state index contributed by atoms with van der Waals surface area (Å²) in [6, 6.07) is 5.13. The van der Waals surface area contributed by atoms with Gasteiger partial charge in [0.1, 0.15) is 5.82 Å². The van der Waals surface area contributed by atoms with Crippen LogP contribution in [-0.2, 0) is 4.79 Å². The van der Waals surface area contributed by atoms with Gasteiger partial charge >= 0.3 is 0 Å². The Labute approximate surface area is 112 Å². The highest BCUT2D eigenvalue weighted by atomic mass is 19.1. The minimum atomic E-state index is -0.364. The van der Waals surface area contributed by atoms with E-state index >= 15 is 0 Å². The maximum absolute atomic E-state index is 12.8. The number of carbonyl (C=O) groups is 2. The van der Waals surface area contributed by atoms with E-state index in [0.717, 1.165) is 0 Å². The Morgan fingerprint density at radius 2 is 1.89 bits per heavy atom. The van der Waals surface area contributed by atoms with E-state index < -0.39 is 0 Å². The lowest BCUT2D eigenvalue weighted by atomic mass is 10.0. The number of ketones is 1. The highest BCUT2D eigenvalue weighted by Crippen LogP contribution is 2.09. The molecule has 1 N–H and O–H groups in total. The molecule has 1 atom stereocenters. The highest BCUT2D eigenvalue weighted by Gasteiger charge is 2.19. The third-order valence-electron chi connectivity index (χ3n) is 3.14. The van der Waals surface area contributed by atoms with Gasteiger partial charge in [-0.25, -0.2) is 4.39 Å². The maximum Gasteiger partial charge on any atom is 0.221 e. The Hall–Kier alpha value is -1.75. The smallest absolute Gasteiger partial charge is 0.221 e. The number of Topliss-reactive ketones (excluding diaryl/α,β-unsaturated/α-hetero) is 1. The second-order valence-electron chi connectivity index (χ2n) is 4.45. The molecule has 1 amide bonds. The van der Waals surface area contributed by atoms with Crippen LogP contribution >= 0.6 is 0 Å². The van der Waals surface area contributed by atoms with Crippen LogP contribution in [0.3, 0.4) is 0 Å². The second kappa shape index (κ2) is 6.99. The molecule has 5 heteroatoms. The topological polar surface area (TPSA) is 49.4 Å². The van der Waals surface area contributed by atoms with Crippen LogP contribution in [0.4, 0.5) is 4.39 Å². The van der Waals surface area contributed by atoms with Crippen molar-refractivity contribution in [3.8, 4) is 0 Å². The molecule has 19 heavy (non-hydrogen) atoms. The summed E-state index contributed by atoms with van der Waals surface area (Å²) in [6.45, 7) is 2.27. The molecule has 0 aromatic heterocycles. The minimum Gasteiger partial charge on any atom is -0.359 e. The van der Waals surface area contributed by atoms with Gasteiger partial charge in [0.15, 0.2) is 5.78 Å². The Balaban J connectivity index is 2.60. The third-order valence-corrected chi connectivity index (χ3v) is 3.14. The predicted molar refractivity (Wildman–Crippen MR) is 71.5 cm³/mol. The van der Waals surface area contributed by atoms with Crippen molar-refractivity contribution in [2.75, 3.05) is 20.6 Å². The summed E-state index contributed by atoms with van der Waals surface area (Å²) in [4.78, 5) is 25.1. The van der Waals surface area contributed by atoms with Crippen LogP contribution in [0.25, 0.3) is 0 Å². The minimum absolute atomic E-state index is 0.0618. The number of hydrogen-bond acceptors (Lipinski definition) is 3. The third kappa shape index (κ3) is 4.44. The summed E-state index contributed by atoms with van der Waals surface area (Å²) in [5.74, 6) is -0.509. The van der Waals surface area contributed by atoms with Crippen molar-refractivity contribution in [2.45, 2.75) is 19.4 Å². The molecule has 0 heterocycles. The van der Waals surface area contributed by atoms with E-state index in [0.29, 0.717) is 18.5 Å². The summed E-state index contributed by atoms with van der Waals surface area (Å²) in [6.07, 6.45) is 0.341. The number of amides is 1. The summed E-state index contributed by atoms with van der Waals surface area (Å²) >= 11 is 0. The van der Waals surface area contributed by atoms with Crippen molar-refractivity contribution in [1.82, 2.24) is 10.2 Å². The number of carbonyl (C=O) groups excluding carboxylic acids is 2. The van der Waals surface area contributed by atoms with Gasteiger partial charge in [0.2, 0.25) is 5.91 Å². The first-order chi connectivity index (χ1) is 8.95. The van der Waals surface area contributed by atoms with E-state index in [1.807, 2.05) is 0 Å². The average molecular weight is 266 g/mol. The lowest BCUT2D eigenvalue weighted by molar-refractivity contribution is -0.120. The van der Waals surface area contributed by atoms with Crippen molar-refractivity contribution in [1.29, 1.82) is 0 Å². The molecule has 1 aromatic carbocycles. The largest absolute Gasteiger partial charge is 0.359 e. The van der Waals surface area contributed by atoms with Crippen LogP contribution in [0, 0.1) is 5.82 Å². The zero-order valence-corrected chi connectivity index (χ0v) is 11.4. The number of rotatable bonds is 6. The molecule has 0 fully saturated rings. The lowest BCUT2D eigenvalue weighted by Crippen LogP contribution is -2.38. The molecule has 0 saturated carbocycles. The van der Waals surface area contributed by atoms with Crippen LogP contribution in [0.1, 0.15) is 23.7 Å². The van der Waals surface area contributed by atoms with Gasteiger partial charge in [-0.2, -0.15) is 0 Å². The molecular weight excluding hydrogens is 247 g/mol. The summed E-state index contributed by atoms with van der Waals surface area (Å²) < 4.78 is 12.8. The van der Waals surface area contributed by atoms with Crippen molar-refractivity contribution < 1.29 is 14.0 Å². The molecule has 104 valence electrons. The molecule has 0 saturated heterocycles. The molecule has 0 aliphatic carbocycles. The number of nitrogens with zero attached hydrogens (tertiary/aromatic N) is 1. The van der Waals surface area contributed by atoms with Crippen LogP contribution in [0.5, 0.6) is 0 Å². The molecular formula is C14H19FN2O2. The van der Waals surface area contributed by atoms with Gasteiger partial charge in [-0.1, -0.05) is 0 Å². The number of benzene rings is 1. The zero-order chi connectivity index (χ0) is 14.4. The van der Waals surface area contributed by atoms with Gasteiger partial charge < -0.3 is 5.32 Å². The van der Waals surface area contributed by atoms with Crippen LogP contribution in [0.15, 0.2) is 24.3 Å². The highest BCUT2D eigenvalue weighted by molar-refractivity contribution is 5.99. The second-order valence-corrected chi connectivity index (χ2v) is 4.45. The number of halogens is 1. The molecule has 1 rings (SSSR count). The molecule has 1 unspecified atom stereocenters. The Bertz CT molecular complexity index is 445. The molecule has 0 radical (unpaired) electrons. The average Bonchev–Trinajstić information content (AvgIpc) is 2.43. The van der Waals surface area contributed by atoms with E-state index in [1.54, 1.807) is 25.9 Å². The van der Waals surface area contributed by atoms with Crippen molar-refractivity contribution in [3.05, 3.63) is 35.6 Å². The van der Waals surface area contributed by atoms with Crippen molar-refractivity contribution in [3.63, 3.8) is 0 Å². The molecule has 1 aromatic rings. The first kappa shape index (κ1) is 15.3. The monoisotopic (exact) mass is 266 g/mol. The van der Waals surface area contributed by atoms with Crippen molar-refractivity contribution >= 4 is 11.7 Å². The van der Waals surface area contributed by atoms with Gasteiger partial charge in [-0.3, -0.25) is 14.5 Å². The zero-order valence-electron chi connectivity index (χ0n) is 11.4. The fourth-order valence-electron chi connectivity index (χ4n) is 1.65. The molecule has 0 aliphatic heterocycles. The fourth-order valence-corrected chi connectivity index (χ4v) is 1.65. The van der Waals surface area contributed by atoms with E-state index in [4.69, 9.17) is 0 Å². The lowest BCUT2D eigenvalue weighted by Gasteiger charge is -2.23. The van der Waals surface area contributed by atoms with E-state index in [2.05, 4.69) is 5.32 Å². The molecule has 0 bridgehead atoms. The molecule has 0 aliphatic rings. The Kier molecular flexibility index (Phi) is 5.63. The Morgan fingerprint density at radius 3 is 2.42 bits per heavy atom. The van der Waals surface area contributed by atoms with Gasteiger partial charge in [0.25, 0.3) is 0 Å². The van der Waals surface area contributed by atoms with Gasteiger partial charge in [-0.05, 0) is 38.2 Å². The van der Waals surface area contributed by atoms with Gasteiger partial charge in [-0.15, -0.1) is 0 Å². The van der Waals surface area contributed by atoms with E-state index in [1.165, 1.54) is 24.3 Å². The number of hydrogen-bond donors (Lipinski definition) is 1. The van der Waals surface area contributed by atoms with E-state index in [9.17, 15) is 14.0 Å². The van der Waals surface area contributed by atoms with Gasteiger partial charge in [0.05, 0.1) is 6.04 Å². The first-order valence-electron chi connectivity index (χ1n) is 6.16. The predicted octanol–water partition coefficient (Wildman–Crippen LogP) is 1.46. The summed E-state index contributed by atoms with van der Waals surface area (Å²) in [7, 11) is 3.37. The molecule has 0 spiro atoms. The van der Waals surface area contributed by atoms with Crippen LogP contribution in [-0.4, -0.2) is 43.3 Å². The normalized spacial score (nSPS) is 12.3. The van der Waals surface area contributed by atoms with Gasteiger partial charge in [0, 0.05) is 25.6 Å². The summed E-state index contributed by atoms with van der Waals surface area (Å²) in [5.41, 5.74) is 0.473. The van der Waals surface area contributed by atoms with E-state index in [-0.39, 0.29) is 23.5 Å². The number of likely N-dealkylation sites (N-methyl/N-ethyl adjacent to an activating group) is 1. The van der Waals surface area contributed by atoms with Crippen LogP contribution in [0.2, 0.25) is 0 Å². The van der Waals surface area contributed by atoms with Crippen molar-refractivity contribution in [2.24, 2.45) is 0 Å².